The van der Waals surface area contributed by atoms with Gasteiger partial charge in [-0.2, -0.15) is 5.10 Å². The lowest BCUT2D eigenvalue weighted by atomic mass is 9.90. The second kappa shape index (κ2) is 5.89. The number of hydrogen-bond donors (Lipinski definition) is 1. The van der Waals surface area contributed by atoms with E-state index in [9.17, 15) is 0 Å². The molecule has 0 aliphatic heterocycles. The number of aryl methyl sites for hydroxylation is 2. The molecule has 2 N–H and O–H groups in total. The third-order valence-corrected chi connectivity index (χ3v) is 3.98. The summed E-state index contributed by atoms with van der Waals surface area (Å²) in [6.07, 6.45) is 7.54. The molecule has 1 heterocycles. The Balaban J connectivity index is 2.32. The topological polar surface area (TPSA) is 43.8 Å². The molecule has 1 fully saturated rings. The van der Waals surface area contributed by atoms with Gasteiger partial charge in [0.05, 0.1) is 16.4 Å². The number of aromatic nitrogens is 2. The third kappa shape index (κ3) is 2.78. The molecule has 1 aromatic heterocycles. The molecule has 1 aromatic rings. The minimum absolute atomic E-state index is 0.312. The fourth-order valence-electron chi connectivity index (χ4n) is 2.57. The molecule has 1 unspecified atom stereocenters. The minimum atomic E-state index is 0.312. The van der Waals surface area contributed by atoms with Crippen molar-refractivity contribution in [3.63, 3.8) is 0 Å². The monoisotopic (exact) mass is 267 g/mol. The first-order chi connectivity index (χ1) is 8.65. The van der Waals surface area contributed by atoms with Crippen molar-refractivity contribution in [2.24, 2.45) is 5.73 Å². The van der Waals surface area contributed by atoms with Crippen molar-refractivity contribution < 1.29 is 0 Å². The standard InChI is InChI=1S/C14H22ClN3/c1-3-12-14(15)13(18(4-2)17-12)9-10-6-5-7-11(16)8-10/h9,11H,3-8,16H2,1-2H3. The van der Waals surface area contributed by atoms with E-state index in [-0.39, 0.29) is 0 Å². The summed E-state index contributed by atoms with van der Waals surface area (Å²) < 4.78 is 1.99. The van der Waals surface area contributed by atoms with Crippen LogP contribution < -0.4 is 5.73 Å². The molecule has 18 heavy (non-hydrogen) atoms. The van der Waals surface area contributed by atoms with Crippen LogP contribution in [0.4, 0.5) is 0 Å². The Bertz CT molecular complexity index is 448. The maximum absolute atomic E-state index is 6.40. The van der Waals surface area contributed by atoms with Crippen LogP contribution in [0.15, 0.2) is 5.57 Å². The van der Waals surface area contributed by atoms with Gasteiger partial charge in [-0.1, -0.05) is 24.1 Å². The summed E-state index contributed by atoms with van der Waals surface area (Å²) in [7, 11) is 0. The number of hydrogen-bond acceptors (Lipinski definition) is 2. The van der Waals surface area contributed by atoms with Crippen molar-refractivity contribution in [1.29, 1.82) is 0 Å². The van der Waals surface area contributed by atoms with Gasteiger partial charge in [0.25, 0.3) is 0 Å². The van der Waals surface area contributed by atoms with Gasteiger partial charge in [0.2, 0.25) is 0 Å². The van der Waals surface area contributed by atoms with E-state index in [1.54, 1.807) is 0 Å². The molecule has 3 nitrogen and oxygen atoms in total. The third-order valence-electron chi connectivity index (χ3n) is 3.57. The van der Waals surface area contributed by atoms with E-state index in [0.29, 0.717) is 6.04 Å². The van der Waals surface area contributed by atoms with Gasteiger partial charge < -0.3 is 5.73 Å². The van der Waals surface area contributed by atoms with Gasteiger partial charge in [-0.3, -0.25) is 4.68 Å². The molecule has 0 bridgehead atoms. The van der Waals surface area contributed by atoms with E-state index in [4.69, 9.17) is 17.3 Å². The molecule has 0 radical (unpaired) electrons. The Morgan fingerprint density at radius 2 is 2.28 bits per heavy atom. The van der Waals surface area contributed by atoms with Crippen molar-refractivity contribution in [3.05, 3.63) is 22.0 Å². The highest BCUT2D eigenvalue weighted by Gasteiger charge is 2.16. The first kappa shape index (κ1) is 13.6. The quantitative estimate of drug-likeness (QED) is 0.912. The fourth-order valence-corrected chi connectivity index (χ4v) is 2.89. The zero-order valence-corrected chi connectivity index (χ0v) is 12.0. The molecular weight excluding hydrogens is 246 g/mol. The summed E-state index contributed by atoms with van der Waals surface area (Å²) in [5.74, 6) is 0. The van der Waals surface area contributed by atoms with Gasteiger partial charge in [-0.05, 0) is 45.1 Å². The summed E-state index contributed by atoms with van der Waals surface area (Å²) in [5, 5.41) is 5.35. The van der Waals surface area contributed by atoms with Crippen LogP contribution in [0.25, 0.3) is 6.08 Å². The van der Waals surface area contributed by atoms with Gasteiger partial charge in [-0.25, -0.2) is 0 Å². The summed E-state index contributed by atoms with van der Waals surface area (Å²) in [6.45, 7) is 5.03. The normalized spacial score (nSPS) is 22.7. The van der Waals surface area contributed by atoms with Crippen LogP contribution in [0.2, 0.25) is 5.02 Å². The van der Waals surface area contributed by atoms with Gasteiger partial charge in [0, 0.05) is 12.6 Å². The molecule has 0 spiro atoms. The van der Waals surface area contributed by atoms with E-state index in [1.807, 2.05) is 4.68 Å². The molecule has 1 aliphatic carbocycles. The lowest BCUT2D eigenvalue weighted by Crippen LogP contribution is -2.23. The number of rotatable bonds is 3. The lowest BCUT2D eigenvalue weighted by Gasteiger charge is -2.20. The molecule has 1 aliphatic rings. The molecule has 0 amide bonds. The van der Waals surface area contributed by atoms with Crippen LogP contribution in [0, 0.1) is 0 Å². The van der Waals surface area contributed by atoms with Crippen molar-refractivity contribution >= 4 is 17.7 Å². The SMILES string of the molecule is CCc1nn(CC)c(C=C2CCCC(N)C2)c1Cl. The molecule has 0 aromatic carbocycles. The minimum Gasteiger partial charge on any atom is -0.327 e. The number of nitrogens with two attached hydrogens (primary N) is 1. The maximum atomic E-state index is 6.40. The Morgan fingerprint density at radius 1 is 1.50 bits per heavy atom. The Morgan fingerprint density at radius 3 is 2.89 bits per heavy atom. The smallest absolute Gasteiger partial charge is 0.0891 e. The van der Waals surface area contributed by atoms with E-state index in [0.717, 1.165) is 48.6 Å². The van der Waals surface area contributed by atoms with E-state index in [1.165, 1.54) is 12.0 Å². The molecular formula is C14H22ClN3. The second-order valence-corrected chi connectivity index (χ2v) is 5.35. The highest BCUT2D eigenvalue weighted by atomic mass is 35.5. The highest BCUT2D eigenvalue weighted by Crippen LogP contribution is 2.29. The predicted molar refractivity (Wildman–Crippen MR) is 76.7 cm³/mol. The summed E-state index contributed by atoms with van der Waals surface area (Å²) in [4.78, 5) is 0. The Hall–Kier alpha value is -0.800. The molecule has 4 heteroatoms. The van der Waals surface area contributed by atoms with Crippen molar-refractivity contribution in [1.82, 2.24) is 9.78 Å². The van der Waals surface area contributed by atoms with E-state index < -0.39 is 0 Å². The van der Waals surface area contributed by atoms with Gasteiger partial charge in [0.1, 0.15) is 0 Å². The average molecular weight is 268 g/mol. The van der Waals surface area contributed by atoms with Gasteiger partial charge >= 0.3 is 0 Å². The van der Waals surface area contributed by atoms with Crippen LogP contribution in [0.1, 0.15) is 50.9 Å². The van der Waals surface area contributed by atoms with Crippen molar-refractivity contribution in [2.75, 3.05) is 0 Å². The van der Waals surface area contributed by atoms with E-state index >= 15 is 0 Å². The molecule has 100 valence electrons. The first-order valence-corrected chi connectivity index (χ1v) is 7.23. The Labute approximate surface area is 114 Å². The molecule has 1 saturated carbocycles. The fraction of sp³-hybridized carbons (Fsp3) is 0.643. The zero-order chi connectivity index (χ0) is 13.1. The van der Waals surface area contributed by atoms with Crippen LogP contribution in [0.3, 0.4) is 0 Å². The van der Waals surface area contributed by atoms with Gasteiger partial charge in [-0.15, -0.1) is 0 Å². The molecule has 2 rings (SSSR count). The zero-order valence-electron chi connectivity index (χ0n) is 11.2. The molecule has 0 saturated heterocycles. The first-order valence-electron chi connectivity index (χ1n) is 6.85. The lowest BCUT2D eigenvalue weighted by molar-refractivity contribution is 0.519. The largest absolute Gasteiger partial charge is 0.327 e. The summed E-state index contributed by atoms with van der Waals surface area (Å²) in [6, 6.07) is 0.312. The average Bonchev–Trinajstić information content (AvgIpc) is 2.66. The van der Waals surface area contributed by atoms with Crippen molar-refractivity contribution in [2.45, 2.75) is 58.5 Å². The summed E-state index contributed by atoms with van der Waals surface area (Å²) >= 11 is 6.40. The van der Waals surface area contributed by atoms with Crippen LogP contribution >= 0.6 is 11.6 Å². The highest BCUT2D eigenvalue weighted by molar-refractivity contribution is 6.32. The van der Waals surface area contributed by atoms with Gasteiger partial charge in [0.15, 0.2) is 0 Å². The van der Waals surface area contributed by atoms with E-state index in [2.05, 4.69) is 25.0 Å². The maximum Gasteiger partial charge on any atom is 0.0891 e. The second-order valence-electron chi connectivity index (χ2n) is 4.97. The van der Waals surface area contributed by atoms with Crippen LogP contribution in [0.5, 0.6) is 0 Å². The number of nitrogens with zero attached hydrogens (tertiary/aromatic N) is 2. The predicted octanol–water partition coefficient (Wildman–Crippen LogP) is 3.40. The summed E-state index contributed by atoms with van der Waals surface area (Å²) in [5.41, 5.74) is 9.48. The number of halogens is 1. The molecule has 1 atom stereocenters. The van der Waals surface area contributed by atoms with Crippen molar-refractivity contribution in [3.8, 4) is 0 Å². The Kier molecular flexibility index (Phi) is 4.46. The van der Waals surface area contributed by atoms with Crippen LogP contribution in [-0.2, 0) is 13.0 Å². The van der Waals surface area contributed by atoms with Crippen LogP contribution in [-0.4, -0.2) is 15.8 Å².